The van der Waals surface area contributed by atoms with Gasteiger partial charge in [-0.3, -0.25) is 9.59 Å². The summed E-state index contributed by atoms with van der Waals surface area (Å²) in [5.41, 5.74) is -0.124. The molecule has 18 heavy (non-hydrogen) atoms. The van der Waals surface area contributed by atoms with Gasteiger partial charge in [0.2, 0.25) is 5.91 Å². The smallest absolute Gasteiger partial charge is 0.252 e. The molecule has 1 saturated heterocycles. The number of anilines is 1. The minimum absolute atomic E-state index is 0.0126. The molecule has 1 aromatic rings. The van der Waals surface area contributed by atoms with Crippen molar-refractivity contribution in [2.45, 2.75) is 32.7 Å². The number of carbonyl (C=O) groups excluding carboxylic acids is 1. The molecule has 1 fully saturated rings. The summed E-state index contributed by atoms with van der Waals surface area (Å²) in [6, 6.07) is 1.76. The van der Waals surface area contributed by atoms with Crippen LogP contribution in [0.4, 0.5) is 5.82 Å². The molecule has 6 nitrogen and oxygen atoms in total. The molecule has 0 saturated carbocycles. The van der Waals surface area contributed by atoms with E-state index in [2.05, 4.69) is 20.2 Å². The van der Waals surface area contributed by atoms with E-state index in [1.165, 1.54) is 13.0 Å². The number of rotatable bonds is 2. The Morgan fingerprint density at radius 3 is 2.72 bits per heavy atom. The van der Waals surface area contributed by atoms with Gasteiger partial charge in [-0.15, -0.1) is 0 Å². The van der Waals surface area contributed by atoms with E-state index in [1.807, 2.05) is 0 Å². The number of nitrogens with one attached hydrogen (secondary N) is 2. The third-order valence-corrected chi connectivity index (χ3v) is 3.07. The van der Waals surface area contributed by atoms with Crippen molar-refractivity contribution in [3.8, 4) is 0 Å². The highest BCUT2D eigenvalue weighted by atomic mass is 16.1. The summed E-state index contributed by atoms with van der Waals surface area (Å²) in [5, 5.41) is 2.92. The van der Waals surface area contributed by atoms with E-state index >= 15 is 0 Å². The van der Waals surface area contributed by atoms with Gasteiger partial charge < -0.3 is 15.2 Å². The molecule has 0 atom stereocenters. The maximum atomic E-state index is 11.4. The van der Waals surface area contributed by atoms with E-state index in [4.69, 9.17) is 0 Å². The Morgan fingerprint density at radius 2 is 2.17 bits per heavy atom. The fraction of sp³-hybridized carbons (Fsp3) is 0.583. The van der Waals surface area contributed by atoms with Gasteiger partial charge in [0, 0.05) is 32.1 Å². The van der Waals surface area contributed by atoms with Crippen molar-refractivity contribution in [2.75, 3.05) is 18.0 Å². The standard InChI is InChI=1S/C12H18N4O2/c1-8-13-11(7-12(18)14-8)16-5-3-10(4-6-16)15-9(2)17/h7,10H,3-6H2,1-2H3,(H,15,17)(H,13,14,18). The average molecular weight is 250 g/mol. The van der Waals surface area contributed by atoms with Crippen LogP contribution in [0.25, 0.3) is 0 Å². The van der Waals surface area contributed by atoms with Crippen molar-refractivity contribution in [1.82, 2.24) is 15.3 Å². The lowest BCUT2D eigenvalue weighted by Gasteiger charge is -2.32. The lowest BCUT2D eigenvalue weighted by atomic mass is 10.1. The van der Waals surface area contributed by atoms with Crippen LogP contribution in [0, 0.1) is 6.92 Å². The number of amides is 1. The zero-order valence-electron chi connectivity index (χ0n) is 10.7. The van der Waals surface area contributed by atoms with Crippen LogP contribution in [0.5, 0.6) is 0 Å². The zero-order valence-corrected chi connectivity index (χ0v) is 10.7. The highest BCUT2D eigenvalue weighted by Crippen LogP contribution is 2.16. The maximum Gasteiger partial charge on any atom is 0.252 e. The summed E-state index contributed by atoms with van der Waals surface area (Å²) in [5.74, 6) is 1.36. The van der Waals surface area contributed by atoms with E-state index < -0.39 is 0 Å². The number of H-pyrrole nitrogens is 1. The highest BCUT2D eigenvalue weighted by molar-refractivity contribution is 5.73. The number of aromatic nitrogens is 2. The molecule has 0 radical (unpaired) electrons. The predicted octanol–water partition coefficient (Wildman–Crippen LogP) is 0.183. The summed E-state index contributed by atoms with van der Waals surface area (Å²) in [4.78, 5) is 31.4. The van der Waals surface area contributed by atoms with Gasteiger partial charge in [0.1, 0.15) is 11.6 Å². The Bertz CT molecular complexity index is 489. The van der Waals surface area contributed by atoms with Crippen molar-refractivity contribution in [3.05, 3.63) is 22.2 Å². The van der Waals surface area contributed by atoms with Gasteiger partial charge in [0.05, 0.1) is 0 Å². The van der Waals surface area contributed by atoms with Crippen LogP contribution in [0.15, 0.2) is 10.9 Å². The van der Waals surface area contributed by atoms with Crippen molar-refractivity contribution in [1.29, 1.82) is 0 Å². The molecule has 6 heteroatoms. The molecule has 0 aliphatic carbocycles. The minimum atomic E-state index is -0.124. The quantitative estimate of drug-likeness (QED) is 0.785. The van der Waals surface area contributed by atoms with Gasteiger partial charge in [-0.25, -0.2) is 4.98 Å². The average Bonchev–Trinajstić information content (AvgIpc) is 2.27. The second-order valence-electron chi connectivity index (χ2n) is 4.65. The van der Waals surface area contributed by atoms with Gasteiger partial charge in [-0.2, -0.15) is 0 Å². The fourth-order valence-electron chi connectivity index (χ4n) is 2.27. The van der Waals surface area contributed by atoms with Gasteiger partial charge in [0.25, 0.3) is 5.56 Å². The van der Waals surface area contributed by atoms with Crippen LogP contribution in [-0.4, -0.2) is 35.0 Å². The first-order chi connectivity index (χ1) is 8.54. The van der Waals surface area contributed by atoms with Crippen LogP contribution in [0.1, 0.15) is 25.6 Å². The summed E-state index contributed by atoms with van der Waals surface area (Å²) in [6.07, 6.45) is 1.76. The fourth-order valence-corrected chi connectivity index (χ4v) is 2.27. The van der Waals surface area contributed by atoms with Gasteiger partial charge >= 0.3 is 0 Å². The molecule has 2 N–H and O–H groups in total. The molecule has 98 valence electrons. The minimum Gasteiger partial charge on any atom is -0.356 e. The molecule has 0 unspecified atom stereocenters. The SMILES string of the molecule is CC(=O)NC1CCN(c2cc(=O)[nH]c(C)n2)CC1. The van der Waals surface area contributed by atoms with Crippen molar-refractivity contribution < 1.29 is 4.79 Å². The van der Waals surface area contributed by atoms with E-state index in [0.717, 1.165) is 31.7 Å². The summed E-state index contributed by atoms with van der Waals surface area (Å²) < 4.78 is 0. The van der Waals surface area contributed by atoms with Crippen molar-refractivity contribution >= 4 is 11.7 Å². The maximum absolute atomic E-state index is 11.4. The van der Waals surface area contributed by atoms with E-state index in [1.54, 1.807) is 6.92 Å². The molecule has 1 aliphatic rings. The number of nitrogens with zero attached hydrogens (tertiary/aromatic N) is 2. The first kappa shape index (κ1) is 12.6. The first-order valence-electron chi connectivity index (χ1n) is 6.14. The van der Waals surface area contributed by atoms with Crippen LogP contribution in [0.2, 0.25) is 0 Å². The summed E-state index contributed by atoms with van der Waals surface area (Å²) in [7, 11) is 0. The normalized spacial score (nSPS) is 16.7. The largest absolute Gasteiger partial charge is 0.356 e. The number of hydrogen-bond donors (Lipinski definition) is 2. The second kappa shape index (κ2) is 5.20. The Labute approximate surface area is 105 Å². The molecule has 0 bridgehead atoms. The van der Waals surface area contributed by atoms with E-state index in [-0.39, 0.29) is 17.5 Å². The Kier molecular flexibility index (Phi) is 3.64. The molecule has 0 spiro atoms. The highest BCUT2D eigenvalue weighted by Gasteiger charge is 2.20. The Hall–Kier alpha value is -1.85. The lowest BCUT2D eigenvalue weighted by Crippen LogP contribution is -2.44. The second-order valence-corrected chi connectivity index (χ2v) is 4.65. The number of aryl methyl sites for hydroxylation is 1. The number of carbonyl (C=O) groups is 1. The van der Waals surface area contributed by atoms with Crippen molar-refractivity contribution in [2.24, 2.45) is 0 Å². The topological polar surface area (TPSA) is 78.1 Å². The predicted molar refractivity (Wildman–Crippen MR) is 68.6 cm³/mol. The van der Waals surface area contributed by atoms with Crippen LogP contribution >= 0.6 is 0 Å². The van der Waals surface area contributed by atoms with Crippen molar-refractivity contribution in [3.63, 3.8) is 0 Å². The molecule has 2 heterocycles. The molecule has 1 aromatic heterocycles. The third-order valence-electron chi connectivity index (χ3n) is 3.07. The van der Waals surface area contributed by atoms with Crippen LogP contribution in [-0.2, 0) is 4.79 Å². The molecule has 2 rings (SSSR count). The number of hydrogen-bond acceptors (Lipinski definition) is 4. The summed E-state index contributed by atoms with van der Waals surface area (Å²) >= 11 is 0. The van der Waals surface area contributed by atoms with Crippen LogP contribution in [0.3, 0.4) is 0 Å². The van der Waals surface area contributed by atoms with Gasteiger partial charge in [-0.1, -0.05) is 0 Å². The molecule has 1 amide bonds. The number of aromatic amines is 1. The van der Waals surface area contributed by atoms with Crippen LogP contribution < -0.4 is 15.8 Å². The lowest BCUT2D eigenvalue weighted by molar-refractivity contribution is -0.119. The molecule has 1 aliphatic heterocycles. The number of piperidine rings is 1. The molecular formula is C12H18N4O2. The molecule has 0 aromatic carbocycles. The Morgan fingerprint density at radius 1 is 1.50 bits per heavy atom. The Balaban J connectivity index is 2.01. The van der Waals surface area contributed by atoms with E-state index in [9.17, 15) is 9.59 Å². The monoisotopic (exact) mass is 250 g/mol. The third kappa shape index (κ3) is 3.09. The van der Waals surface area contributed by atoms with E-state index in [0.29, 0.717) is 5.82 Å². The molecular weight excluding hydrogens is 232 g/mol. The van der Waals surface area contributed by atoms with Gasteiger partial charge in [0.15, 0.2) is 0 Å². The zero-order chi connectivity index (χ0) is 13.1. The first-order valence-corrected chi connectivity index (χ1v) is 6.14. The van der Waals surface area contributed by atoms with Gasteiger partial charge in [-0.05, 0) is 19.8 Å². The summed E-state index contributed by atoms with van der Waals surface area (Å²) in [6.45, 7) is 4.92.